The van der Waals surface area contributed by atoms with Crippen molar-refractivity contribution in [1.29, 1.82) is 0 Å². The van der Waals surface area contributed by atoms with E-state index in [2.05, 4.69) is 5.32 Å². The summed E-state index contributed by atoms with van der Waals surface area (Å²) >= 11 is 0. The van der Waals surface area contributed by atoms with E-state index in [4.69, 9.17) is 0 Å². The number of halogens is 2. The summed E-state index contributed by atoms with van der Waals surface area (Å²) in [6, 6.07) is 11.1. The molecule has 0 aromatic heterocycles. The molecule has 2 aromatic rings. The van der Waals surface area contributed by atoms with Crippen LogP contribution in [0.5, 0.6) is 5.75 Å². The van der Waals surface area contributed by atoms with E-state index in [0.717, 1.165) is 18.1 Å². The van der Waals surface area contributed by atoms with Gasteiger partial charge in [0.05, 0.1) is 0 Å². The van der Waals surface area contributed by atoms with Gasteiger partial charge in [0.1, 0.15) is 5.75 Å². The molecule has 0 heterocycles. The molecule has 2 nitrogen and oxygen atoms in total. The van der Waals surface area contributed by atoms with Gasteiger partial charge < -0.3 is 10.4 Å². The number of aromatic hydroxyl groups is 1. The molecule has 0 spiro atoms. The van der Waals surface area contributed by atoms with Gasteiger partial charge in [0.25, 0.3) is 0 Å². The fraction of sp³-hybridized carbons (Fsp3) is 0.294. The van der Waals surface area contributed by atoms with Crippen molar-refractivity contribution in [1.82, 2.24) is 5.32 Å². The highest BCUT2D eigenvalue weighted by Gasteiger charge is 2.12. The van der Waals surface area contributed by atoms with Crippen LogP contribution in [0.2, 0.25) is 0 Å². The minimum Gasteiger partial charge on any atom is -0.508 e. The molecule has 0 aliphatic heterocycles. The second kappa shape index (κ2) is 6.68. The van der Waals surface area contributed by atoms with Crippen molar-refractivity contribution in [2.45, 2.75) is 32.4 Å². The van der Waals surface area contributed by atoms with E-state index in [9.17, 15) is 13.9 Å². The maximum Gasteiger partial charge on any atom is 0.159 e. The average molecular weight is 291 g/mol. The third-order valence-corrected chi connectivity index (χ3v) is 3.46. The predicted molar refractivity (Wildman–Crippen MR) is 79.2 cm³/mol. The number of nitrogens with one attached hydrogen (secondary N) is 1. The maximum atomic E-state index is 13.2. The molecule has 2 atom stereocenters. The molecule has 0 aliphatic rings. The first-order chi connectivity index (χ1) is 9.95. The number of hydrogen-bond donors (Lipinski definition) is 2. The van der Waals surface area contributed by atoms with Crippen molar-refractivity contribution >= 4 is 0 Å². The molecule has 2 N–H and O–H groups in total. The van der Waals surface area contributed by atoms with Crippen molar-refractivity contribution in [3.63, 3.8) is 0 Å². The van der Waals surface area contributed by atoms with Crippen molar-refractivity contribution in [3.05, 3.63) is 65.2 Å². The molecule has 112 valence electrons. The Labute approximate surface area is 123 Å². The largest absolute Gasteiger partial charge is 0.508 e. The number of phenols is 1. The second-order valence-corrected chi connectivity index (χ2v) is 5.33. The molecule has 2 rings (SSSR count). The van der Waals surface area contributed by atoms with E-state index in [1.54, 1.807) is 18.2 Å². The highest BCUT2D eigenvalue weighted by Crippen LogP contribution is 2.17. The van der Waals surface area contributed by atoms with Gasteiger partial charge in [0, 0.05) is 12.1 Å². The van der Waals surface area contributed by atoms with Crippen LogP contribution >= 0.6 is 0 Å². The van der Waals surface area contributed by atoms with Gasteiger partial charge >= 0.3 is 0 Å². The topological polar surface area (TPSA) is 32.3 Å². The molecule has 2 unspecified atom stereocenters. The van der Waals surface area contributed by atoms with E-state index in [0.29, 0.717) is 5.56 Å². The highest BCUT2D eigenvalue weighted by atomic mass is 19.2. The lowest BCUT2D eigenvalue weighted by molar-refractivity contribution is 0.465. The van der Waals surface area contributed by atoms with E-state index in [-0.39, 0.29) is 17.8 Å². The summed E-state index contributed by atoms with van der Waals surface area (Å²) in [5.74, 6) is -1.41. The van der Waals surface area contributed by atoms with Gasteiger partial charge in [-0.05, 0) is 55.7 Å². The van der Waals surface area contributed by atoms with Crippen molar-refractivity contribution in [2.75, 3.05) is 0 Å². The van der Waals surface area contributed by atoms with Crippen LogP contribution in [-0.2, 0) is 6.42 Å². The minimum atomic E-state index is -0.830. The van der Waals surface area contributed by atoms with E-state index >= 15 is 0 Å². The minimum absolute atomic E-state index is 0.0767. The van der Waals surface area contributed by atoms with Gasteiger partial charge in [-0.15, -0.1) is 0 Å². The standard InChI is InChI=1S/C17H19F2NO/c1-11(9-13-3-6-15(21)7-4-13)20-12(2)14-5-8-16(18)17(19)10-14/h3-8,10-12,20-21H,9H2,1-2H3. The first kappa shape index (κ1) is 15.4. The summed E-state index contributed by atoms with van der Waals surface area (Å²) in [6.07, 6.45) is 0.786. The quantitative estimate of drug-likeness (QED) is 0.874. The maximum absolute atomic E-state index is 13.2. The van der Waals surface area contributed by atoms with Gasteiger partial charge in [-0.25, -0.2) is 8.78 Å². The Morgan fingerprint density at radius 1 is 1.00 bits per heavy atom. The van der Waals surface area contributed by atoms with Gasteiger partial charge in [-0.1, -0.05) is 18.2 Å². The van der Waals surface area contributed by atoms with Crippen LogP contribution in [0.15, 0.2) is 42.5 Å². The molecule has 0 saturated carbocycles. The molecule has 0 fully saturated rings. The zero-order valence-corrected chi connectivity index (χ0v) is 12.1. The highest BCUT2D eigenvalue weighted by molar-refractivity contribution is 5.26. The Balaban J connectivity index is 1.96. The predicted octanol–water partition coefficient (Wildman–Crippen LogP) is 3.95. The Hall–Kier alpha value is -1.94. The van der Waals surface area contributed by atoms with Crippen LogP contribution in [0.1, 0.15) is 31.0 Å². The Morgan fingerprint density at radius 2 is 1.67 bits per heavy atom. The van der Waals surface area contributed by atoms with Gasteiger partial charge in [-0.3, -0.25) is 0 Å². The molecular weight excluding hydrogens is 272 g/mol. The Bertz CT molecular complexity index is 598. The summed E-state index contributed by atoms with van der Waals surface area (Å²) in [5.41, 5.74) is 1.82. The number of rotatable bonds is 5. The van der Waals surface area contributed by atoms with Crippen LogP contribution in [0.25, 0.3) is 0 Å². The molecule has 2 aromatic carbocycles. The van der Waals surface area contributed by atoms with Gasteiger partial charge in [-0.2, -0.15) is 0 Å². The zero-order chi connectivity index (χ0) is 15.4. The van der Waals surface area contributed by atoms with E-state index in [1.807, 2.05) is 26.0 Å². The molecule has 0 aliphatic carbocycles. The lowest BCUT2D eigenvalue weighted by atomic mass is 10.0. The van der Waals surface area contributed by atoms with Crippen molar-refractivity contribution in [3.8, 4) is 5.75 Å². The SMILES string of the molecule is CC(Cc1ccc(O)cc1)NC(C)c1ccc(F)c(F)c1. The lowest BCUT2D eigenvalue weighted by Crippen LogP contribution is -2.30. The van der Waals surface area contributed by atoms with Gasteiger partial charge in [0.15, 0.2) is 11.6 Å². The van der Waals surface area contributed by atoms with Crippen molar-refractivity contribution < 1.29 is 13.9 Å². The molecule has 0 amide bonds. The Kier molecular flexibility index (Phi) is 4.91. The lowest BCUT2D eigenvalue weighted by Gasteiger charge is -2.20. The number of hydrogen-bond acceptors (Lipinski definition) is 2. The van der Waals surface area contributed by atoms with Gasteiger partial charge in [0.2, 0.25) is 0 Å². The molecule has 0 radical (unpaired) electrons. The summed E-state index contributed by atoms with van der Waals surface area (Å²) in [4.78, 5) is 0. The molecule has 0 saturated heterocycles. The van der Waals surface area contributed by atoms with E-state index in [1.165, 1.54) is 6.07 Å². The second-order valence-electron chi connectivity index (χ2n) is 5.33. The fourth-order valence-corrected chi connectivity index (χ4v) is 2.35. The van der Waals surface area contributed by atoms with Crippen LogP contribution in [0.3, 0.4) is 0 Å². The molecular formula is C17H19F2NO. The summed E-state index contributed by atoms with van der Waals surface area (Å²) in [7, 11) is 0. The fourth-order valence-electron chi connectivity index (χ4n) is 2.35. The third-order valence-electron chi connectivity index (χ3n) is 3.46. The van der Waals surface area contributed by atoms with Crippen LogP contribution in [0.4, 0.5) is 8.78 Å². The summed E-state index contributed by atoms with van der Waals surface area (Å²) < 4.78 is 26.2. The monoisotopic (exact) mass is 291 g/mol. The summed E-state index contributed by atoms with van der Waals surface area (Å²) in [6.45, 7) is 3.95. The van der Waals surface area contributed by atoms with Crippen molar-refractivity contribution in [2.24, 2.45) is 0 Å². The third kappa shape index (κ3) is 4.26. The first-order valence-electron chi connectivity index (χ1n) is 6.94. The molecule has 0 bridgehead atoms. The van der Waals surface area contributed by atoms with E-state index < -0.39 is 11.6 Å². The van der Waals surface area contributed by atoms with Crippen LogP contribution < -0.4 is 5.32 Å². The number of phenolic OH excluding ortho intramolecular Hbond substituents is 1. The first-order valence-corrected chi connectivity index (χ1v) is 6.94. The Morgan fingerprint density at radius 3 is 2.29 bits per heavy atom. The summed E-state index contributed by atoms with van der Waals surface area (Å²) in [5, 5.41) is 12.6. The normalized spacial score (nSPS) is 13.9. The molecule has 21 heavy (non-hydrogen) atoms. The molecule has 4 heteroatoms. The number of benzene rings is 2. The van der Waals surface area contributed by atoms with Crippen LogP contribution in [-0.4, -0.2) is 11.1 Å². The van der Waals surface area contributed by atoms with Crippen LogP contribution in [0, 0.1) is 11.6 Å². The smallest absolute Gasteiger partial charge is 0.159 e. The average Bonchev–Trinajstić information content (AvgIpc) is 2.44. The zero-order valence-electron chi connectivity index (χ0n) is 12.1.